The van der Waals surface area contributed by atoms with Crippen LogP contribution in [0.15, 0.2) is 24.3 Å². The number of carboxylic acids is 1. The molecule has 1 fully saturated rings. The van der Waals surface area contributed by atoms with Crippen molar-refractivity contribution in [2.24, 2.45) is 11.8 Å². The Hall–Kier alpha value is -2.62. The Bertz CT molecular complexity index is 891. The quantitative estimate of drug-likeness (QED) is 0.453. The number of hydrogen-bond donors (Lipinski definition) is 3. The molecule has 0 radical (unpaired) electrons. The van der Waals surface area contributed by atoms with Crippen LogP contribution < -0.4 is 10.6 Å². The Balaban J connectivity index is 2.02. The summed E-state index contributed by atoms with van der Waals surface area (Å²) in [4.78, 5) is 38.8. The molecule has 0 heterocycles. The summed E-state index contributed by atoms with van der Waals surface area (Å²) in [7, 11) is 2.04. The summed E-state index contributed by atoms with van der Waals surface area (Å²) < 4.78 is 38.7. The third-order valence-electron chi connectivity index (χ3n) is 6.98. The molecule has 1 aromatic carbocycles. The van der Waals surface area contributed by atoms with Crippen LogP contribution >= 0.6 is 0 Å². The van der Waals surface area contributed by atoms with Crippen molar-refractivity contribution in [3.8, 4) is 0 Å². The number of carbonyl (C=O) groups is 3. The highest BCUT2D eigenvalue weighted by Crippen LogP contribution is 2.34. The van der Waals surface area contributed by atoms with Gasteiger partial charge >= 0.3 is 12.1 Å². The maximum absolute atomic E-state index is 12.9. The van der Waals surface area contributed by atoms with Gasteiger partial charge in [0, 0.05) is 23.7 Å². The second-order valence-corrected chi connectivity index (χ2v) is 9.60. The zero-order valence-electron chi connectivity index (χ0n) is 20.7. The van der Waals surface area contributed by atoms with E-state index in [1.807, 2.05) is 14.0 Å². The number of alkyl halides is 3. The van der Waals surface area contributed by atoms with Gasteiger partial charge in [0.25, 0.3) is 5.91 Å². The van der Waals surface area contributed by atoms with Gasteiger partial charge in [0.05, 0.1) is 18.0 Å². The van der Waals surface area contributed by atoms with Gasteiger partial charge in [0.1, 0.15) is 0 Å². The number of halogens is 3. The first-order valence-electron chi connectivity index (χ1n) is 12.0. The van der Waals surface area contributed by atoms with Gasteiger partial charge in [-0.3, -0.25) is 14.4 Å². The molecule has 3 N–H and O–H groups in total. The molecular formula is C25H36F3N3O4. The lowest BCUT2D eigenvalue weighted by atomic mass is 9.75. The molecule has 1 aliphatic carbocycles. The van der Waals surface area contributed by atoms with Crippen molar-refractivity contribution in [3.63, 3.8) is 0 Å². The van der Waals surface area contributed by atoms with Gasteiger partial charge in [-0.05, 0) is 77.1 Å². The number of nitrogens with one attached hydrogen (secondary N) is 2. The van der Waals surface area contributed by atoms with Gasteiger partial charge < -0.3 is 20.6 Å². The van der Waals surface area contributed by atoms with Crippen molar-refractivity contribution >= 4 is 17.8 Å². The molecular weight excluding hydrogens is 463 g/mol. The average molecular weight is 500 g/mol. The summed E-state index contributed by atoms with van der Waals surface area (Å²) in [5.41, 5.74) is -1.13. The van der Waals surface area contributed by atoms with Crippen LogP contribution in [0.2, 0.25) is 0 Å². The summed E-state index contributed by atoms with van der Waals surface area (Å²) in [5.74, 6) is -2.64. The van der Waals surface area contributed by atoms with Crippen molar-refractivity contribution < 1.29 is 32.7 Å². The van der Waals surface area contributed by atoms with E-state index in [0.29, 0.717) is 25.3 Å². The minimum atomic E-state index is -4.57. The van der Waals surface area contributed by atoms with E-state index in [0.717, 1.165) is 31.0 Å². The Morgan fingerprint density at radius 2 is 1.89 bits per heavy atom. The zero-order chi connectivity index (χ0) is 26.3. The van der Waals surface area contributed by atoms with Crippen molar-refractivity contribution in [1.82, 2.24) is 15.5 Å². The maximum atomic E-state index is 12.9. The van der Waals surface area contributed by atoms with Crippen molar-refractivity contribution in [3.05, 3.63) is 35.4 Å². The van der Waals surface area contributed by atoms with Gasteiger partial charge in [0.15, 0.2) is 0 Å². The van der Waals surface area contributed by atoms with Crippen molar-refractivity contribution in [2.45, 2.75) is 77.2 Å². The third kappa shape index (κ3) is 8.23. The van der Waals surface area contributed by atoms with Gasteiger partial charge in [0.2, 0.25) is 5.91 Å². The number of amides is 2. The summed E-state index contributed by atoms with van der Waals surface area (Å²) >= 11 is 0. The lowest BCUT2D eigenvalue weighted by molar-refractivity contribution is -0.142. The van der Waals surface area contributed by atoms with E-state index in [9.17, 15) is 32.7 Å². The SMILES string of the molecule is CCC(C[C@@H]1C[C@H](N(C)C(C)C)CC[C@@H]1NC(=O)CNC(=O)c1cccc(C(F)(F)F)c1)C(=O)O. The third-order valence-corrected chi connectivity index (χ3v) is 6.98. The standard InChI is InChI=1S/C25H36F3N3O4/c1-5-16(24(34)35)11-18-13-20(31(4)15(2)3)9-10-21(18)30-22(32)14-29-23(33)17-7-6-8-19(12-17)25(26,27)28/h6-8,12,15-16,18,20-21H,5,9-11,13-14H2,1-4H3,(H,29,33)(H,30,32)(H,34,35)/t16?,18-,20-,21+/m1/s1. The molecule has 196 valence electrons. The van der Waals surface area contributed by atoms with Crippen molar-refractivity contribution in [1.29, 1.82) is 0 Å². The van der Waals surface area contributed by atoms with E-state index >= 15 is 0 Å². The van der Waals surface area contributed by atoms with Gasteiger partial charge in [-0.2, -0.15) is 13.2 Å². The number of carboxylic acid groups (broad SMARTS) is 1. The zero-order valence-corrected chi connectivity index (χ0v) is 20.7. The Morgan fingerprint density at radius 1 is 1.20 bits per heavy atom. The largest absolute Gasteiger partial charge is 0.481 e. The monoisotopic (exact) mass is 499 g/mol. The topological polar surface area (TPSA) is 98.7 Å². The molecule has 0 aliphatic heterocycles. The molecule has 1 aliphatic rings. The molecule has 0 bridgehead atoms. The van der Waals surface area contributed by atoms with Crippen LogP contribution in [-0.2, 0) is 15.8 Å². The molecule has 1 aromatic rings. The normalized spacial score (nSPS) is 21.6. The lowest BCUT2D eigenvalue weighted by Crippen LogP contribution is -2.51. The lowest BCUT2D eigenvalue weighted by Gasteiger charge is -2.42. The molecule has 2 amide bonds. The first-order chi connectivity index (χ1) is 16.3. The molecule has 10 heteroatoms. The Morgan fingerprint density at radius 3 is 2.46 bits per heavy atom. The fraction of sp³-hybridized carbons (Fsp3) is 0.640. The average Bonchev–Trinajstić information content (AvgIpc) is 2.80. The van der Waals surface area contributed by atoms with E-state index in [4.69, 9.17) is 0 Å². The van der Waals surface area contributed by atoms with Gasteiger partial charge in [-0.25, -0.2) is 0 Å². The number of carbonyl (C=O) groups excluding carboxylic acids is 2. The first kappa shape index (κ1) is 28.6. The van der Waals surface area contributed by atoms with E-state index in [2.05, 4.69) is 29.4 Å². The smallest absolute Gasteiger partial charge is 0.416 e. The number of aliphatic carboxylic acids is 1. The Kier molecular flexibility index (Phi) is 10.1. The molecule has 0 spiro atoms. The van der Waals surface area contributed by atoms with Gasteiger partial charge in [-0.15, -0.1) is 0 Å². The van der Waals surface area contributed by atoms with Gasteiger partial charge in [-0.1, -0.05) is 13.0 Å². The second kappa shape index (κ2) is 12.4. The molecule has 7 nitrogen and oxygen atoms in total. The summed E-state index contributed by atoms with van der Waals surface area (Å²) in [6, 6.07) is 4.38. The van der Waals surface area contributed by atoms with Crippen LogP contribution in [-0.4, -0.2) is 59.5 Å². The van der Waals surface area contributed by atoms with Crippen LogP contribution in [0.3, 0.4) is 0 Å². The number of rotatable bonds is 10. The second-order valence-electron chi connectivity index (χ2n) is 9.60. The first-order valence-corrected chi connectivity index (χ1v) is 12.0. The molecule has 0 saturated heterocycles. The predicted octanol–water partition coefficient (Wildman–Crippen LogP) is 3.93. The number of benzene rings is 1. The number of nitrogens with zero attached hydrogens (tertiary/aromatic N) is 1. The molecule has 35 heavy (non-hydrogen) atoms. The highest BCUT2D eigenvalue weighted by Gasteiger charge is 2.36. The highest BCUT2D eigenvalue weighted by molar-refractivity contribution is 5.96. The minimum Gasteiger partial charge on any atom is -0.481 e. The molecule has 0 aromatic heterocycles. The highest BCUT2D eigenvalue weighted by atomic mass is 19.4. The fourth-order valence-electron chi connectivity index (χ4n) is 4.65. The summed E-state index contributed by atoms with van der Waals surface area (Å²) in [5, 5.41) is 14.8. The molecule has 1 saturated carbocycles. The predicted molar refractivity (Wildman–Crippen MR) is 126 cm³/mol. The minimum absolute atomic E-state index is 0.0425. The van der Waals surface area contributed by atoms with Crippen LogP contribution in [0, 0.1) is 11.8 Å². The van der Waals surface area contributed by atoms with E-state index < -0.39 is 35.4 Å². The van der Waals surface area contributed by atoms with E-state index in [-0.39, 0.29) is 30.1 Å². The van der Waals surface area contributed by atoms with Crippen LogP contribution in [0.25, 0.3) is 0 Å². The van der Waals surface area contributed by atoms with Crippen LogP contribution in [0.5, 0.6) is 0 Å². The fourth-order valence-corrected chi connectivity index (χ4v) is 4.65. The number of hydrogen-bond acceptors (Lipinski definition) is 4. The van der Waals surface area contributed by atoms with Crippen LogP contribution in [0.1, 0.15) is 68.8 Å². The van der Waals surface area contributed by atoms with E-state index in [1.165, 1.54) is 6.07 Å². The summed E-state index contributed by atoms with van der Waals surface area (Å²) in [6.07, 6.45) is -1.37. The maximum Gasteiger partial charge on any atom is 0.416 e. The summed E-state index contributed by atoms with van der Waals surface area (Å²) in [6.45, 7) is 5.64. The van der Waals surface area contributed by atoms with Crippen molar-refractivity contribution in [2.75, 3.05) is 13.6 Å². The van der Waals surface area contributed by atoms with E-state index in [1.54, 1.807) is 0 Å². The molecule has 4 atom stereocenters. The van der Waals surface area contributed by atoms with Crippen LogP contribution in [0.4, 0.5) is 13.2 Å². The molecule has 2 rings (SSSR count). The Labute approximate surface area is 204 Å². The molecule has 1 unspecified atom stereocenters.